The number of ether oxygens (including phenoxy) is 1. The predicted octanol–water partition coefficient (Wildman–Crippen LogP) is 1.02. The number of carboxylic acids is 1. The maximum Gasteiger partial charge on any atom is 0.356 e. The van der Waals surface area contributed by atoms with Crippen molar-refractivity contribution in [3.8, 4) is 0 Å². The van der Waals surface area contributed by atoms with Crippen LogP contribution in [0, 0.1) is 0 Å². The van der Waals surface area contributed by atoms with Crippen LogP contribution in [0.3, 0.4) is 0 Å². The largest absolute Gasteiger partial charge is 0.476 e. The molecule has 6 nitrogen and oxygen atoms in total. The minimum atomic E-state index is -1.16. The number of aromatic nitrogens is 1. The average molecular weight is 287 g/mol. The first-order valence-electron chi connectivity index (χ1n) is 5.92. The zero-order valence-electron chi connectivity index (χ0n) is 10.4. The van der Waals surface area contributed by atoms with Gasteiger partial charge in [0.25, 0.3) is 0 Å². The summed E-state index contributed by atoms with van der Waals surface area (Å²) in [6.45, 7) is 2.86. The molecule has 0 bridgehead atoms. The quantitative estimate of drug-likeness (QED) is 0.863. The summed E-state index contributed by atoms with van der Waals surface area (Å²) in [5.74, 6) is -0.637. The molecule has 19 heavy (non-hydrogen) atoms. The highest BCUT2D eigenvalue weighted by Gasteiger charge is 2.26. The number of rotatable bonds is 3. The van der Waals surface area contributed by atoms with Gasteiger partial charge in [0.2, 0.25) is 0 Å². The third kappa shape index (κ3) is 3.15. The Morgan fingerprint density at radius 2 is 2.32 bits per heavy atom. The van der Waals surface area contributed by atoms with Crippen molar-refractivity contribution in [1.29, 1.82) is 0 Å². The van der Waals surface area contributed by atoms with Crippen molar-refractivity contribution in [3.05, 3.63) is 22.8 Å². The molecule has 2 N–H and O–H groups in total. The fraction of sp³-hybridized carbons (Fsp3) is 0.500. The molecule has 2 heterocycles. The number of aliphatic hydroxyl groups excluding tert-OH is 1. The van der Waals surface area contributed by atoms with Gasteiger partial charge in [0.15, 0.2) is 5.69 Å². The molecule has 2 unspecified atom stereocenters. The van der Waals surface area contributed by atoms with Crippen molar-refractivity contribution in [2.75, 3.05) is 24.6 Å². The third-order valence-electron chi connectivity index (χ3n) is 2.89. The van der Waals surface area contributed by atoms with E-state index in [1.54, 1.807) is 6.07 Å². The molecule has 7 heteroatoms. The maximum absolute atomic E-state index is 11.0. The number of pyridine rings is 1. The molecule has 0 radical (unpaired) electrons. The predicted molar refractivity (Wildman–Crippen MR) is 69.8 cm³/mol. The highest BCUT2D eigenvalue weighted by Crippen LogP contribution is 2.22. The van der Waals surface area contributed by atoms with E-state index in [9.17, 15) is 9.90 Å². The number of aromatic carboxylic acids is 1. The highest BCUT2D eigenvalue weighted by atomic mass is 35.5. The van der Waals surface area contributed by atoms with E-state index in [4.69, 9.17) is 21.4 Å². The van der Waals surface area contributed by atoms with Gasteiger partial charge in [-0.3, -0.25) is 0 Å². The lowest BCUT2D eigenvalue weighted by Crippen LogP contribution is -2.48. The van der Waals surface area contributed by atoms with E-state index in [0.29, 0.717) is 18.9 Å². The monoisotopic (exact) mass is 286 g/mol. The van der Waals surface area contributed by atoms with Crippen LogP contribution in [0.5, 0.6) is 0 Å². The standard InChI is InChI=1S/C12H15ClN2O4/c1-7-4-15(5-8(6-16)19-7)10-3-2-9(13)11(14-10)12(17)18/h2-3,7-8,16H,4-6H2,1H3,(H,17,18). The number of carboxylic acid groups (broad SMARTS) is 1. The molecule has 1 saturated heterocycles. The van der Waals surface area contributed by atoms with Gasteiger partial charge in [-0.25, -0.2) is 9.78 Å². The molecule has 1 aromatic heterocycles. The summed E-state index contributed by atoms with van der Waals surface area (Å²) < 4.78 is 5.53. The number of morpholine rings is 1. The minimum Gasteiger partial charge on any atom is -0.476 e. The summed E-state index contributed by atoms with van der Waals surface area (Å²) >= 11 is 5.79. The summed E-state index contributed by atoms with van der Waals surface area (Å²) in [6, 6.07) is 3.18. The molecule has 0 aromatic carbocycles. The molecule has 1 fully saturated rings. The fourth-order valence-electron chi connectivity index (χ4n) is 2.09. The van der Waals surface area contributed by atoms with E-state index in [1.165, 1.54) is 6.07 Å². The van der Waals surface area contributed by atoms with Crippen LogP contribution in [-0.4, -0.2) is 53.1 Å². The summed E-state index contributed by atoms with van der Waals surface area (Å²) in [6.07, 6.45) is -0.355. The van der Waals surface area contributed by atoms with E-state index >= 15 is 0 Å². The molecule has 0 aliphatic carbocycles. The van der Waals surface area contributed by atoms with E-state index in [-0.39, 0.29) is 29.5 Å². The Kier molecular flexibility index (Phi) is 4.24. The molecular weight excluding hydrogens is 272 g/mol. The number of hydrogen-bond acceptors (Lipinski definition) is 5. The van der Waals surface area contributed by atoms with Gasteiger partial charge >= 0.3 is 5.97 Å². The first-order valence-corrected chi connectivity index (χ1v) is 6.30. The molecule has 1 aliphatic heterocycles. The Labute approximate surface area is 115 Å². The summed E-state index contributed by atoms with van der Waals surface area (Å²) in [5, 5.41) is 18.3. The molecule has 1 aliphatic rings. The van der Waals surface area contributed by atoms with E-state index < -0.39 is 5.97 Å². The topological polar surface area (TPSA) is 82.9 Å². The lowest BCUT2D eigenvalue weighted by Gasteiger charge is -2.36. The molecule has 2 atom stereocenters. The van der Waals surface area contributed by atoms with Gasteiger partial charge < -0.3 is 19.8 Å². The highest BCUT2D eigenvalue weighted by molar-refractivity contribution is 6.33. The van der Waals surface area contributed by atoms with Crippen molar-refractivity contribution in [2.24, 2.45) is 0 Å². The first-order chi connectivity index (χ1) is 9.01. The van der Waals surface area contributed by atoms with Crippen LogP contribution in [0.25, 0.3) is 0 Å². The summed E-state index contributed by atoms with van der Waals surface area (Å²) in [7, 11) is 0. The smallest absolute Gasteiger partial charge is 0.356 e. The Balaban J connectivity index is 2.26. The van der Waals surface area contributed by atoms with E-state index in [0.717, 1.165) is 0 Å². The molecule has 0 saturated carbocycles. The summed E-state index contributed by atoms with van der Waals surface area (Å²) in [4.78, 5) is 17.0. The van der Waals surface area contributed by atoms with Crippen LogP contribution in [0.1, 0.15) is 17.4 Å². The fourth-order valence-corrected chi connectivity index (χ4v) is 2.28. The van der Waals surface area contributed by atoms with Crippen LogP contribution in [0.2, 0.25) is 5.02 Å². The summed E-state index contributed by atoms with van der Waals surface area (Å²) in [5.41, 5.74) is -0.168. The molecule has 0 spiro atoms. The molecule has 1 aromatic rings. The average Bonchev–Trinajstić information content (AvgIpc) is 2.38. The zero-order valence-corrected chi connectivity index (χ0v) is 11.2. The first kappa shape index (κ1) is 14.0. The van der Waals surface area contributed by atoms with E-state index in [2.05, 4.69) is 4.98 Å². The molecular formula is C12H15ClN2O4. The Morgan fingerprint density at radius 3 is 2.95 bits per heavy atom. The van der Waals surface area contributed by atoms with Crippen molar-refractivity contribution >= 4 is 23.4 Å². The van der Waals surface area contributed by atoms with Crippen molar-refractivity contribution in [2.45, 2.75) is 19.1 Å². The van der Waals surface area contributed by atoms with Gasteiger partial charge in [-0.1, -0.05) is 11.6 Å². The van der Waals surface area contributed by atoms with Crippen LogP contribution in [-0.2, 0) is 4.74 Å². The second-order valence-electron chi connectivity index (χ2n) is 4.46. The Hall–Kier alpha value is -1.37. The SMILES string of the molecule is CC1CN(c2ccc(Cl)c(C(=O)O)n2)CC(CO)O1. The number of aliphatic hydroxyl groups is 1. The zero-order chi connectivity index (χ0) is 14.0. The minimum absolute atomic E-state index is 0.0587. The number of halogens is 1. The second kappa shape index (κ2) is 5.73. The number of nitrogens with zero attached hydrogens (tertiary/aromatic N) is 2. The van der Waals surface area contributed by atoms with Crippen LogP contribution >= 0.6 is 11.6 Å². The lowest BCUT2D eigenvalue weighted by molar-refractivity contribution is -0.0423. The molecule has 0 amide bonds. The van der Waals surface area contributed by atoms with Gasteiger partial charge in [0.05, 0.1) is 23.8 Å². The van der Waals surface area contributed by atoms with Gasteiger partial charge in [0, 0.05) is 13.1 Å². The normalized spacial score (nSPS) is 23.4. The third-order valence-corrected chi connectivity index (χ3v) is 3.19. The van der Waals surface area contributed by atoms with Crippen LogP contribution < -0.4 is 4.90 Å². The van der Waals surface area contributed by atoms with Crippen molar-refractivity contribution < 1.29 is 19.7 Å². The van der Waals surface area contributed by atoms with Gasteiger partial charge in [-0.05, 0) is 19.1 Å². The number of anilines is 1. The van der Waals surface area contributed by atoms with Crippen molar-refractivity contribution in [3.63, 3.8) is 0 Å². The molecule has 2 rings (SSSR count). The van der Waals surface area contributed by atoms with Gasteiger partial charge in [0.1, 0.15) is 5.82 Å². The van der Waals surface area contributed by atoms with Crippen LogP contribution in [0.4, 0.5) is 5.82 Å². The number of hydrogen-bond donors (Lipinski definition) is 2. The maximum atomic E-state index is 11.0. The van der Waals surface area contributed by atoms with E-state index in [1.807, 2.05) is 11.8 Å². The lowest BCUT2D eigenvalue weighted by atomic mass is 10.2. The molecule has 104 valence electrons. The Morgan fingerprint density at radius 1 is 1.58 bits per heavy atom. The Bertz CT molecular complexity index is 483. The second-order valence-corrected chi connectivity index (χ2v) is 4.87. The van der Waals surface area contributed by atoms with Gasteiger partial charge in [-0.2, -0.15) is 0 Å². The number of carbonyl (C=O) groups is 1. The van der Waals surface area contributed by atoms with Crippen LogP contribution in [0.15, 0.2) is 12.1 Å². The van der Waals surface area contributed by atoms with Crippen molar-refractivity contribution in [1.82, 2.24) is 4.98 Å². The van der Waals surface area contributed by atoms with Gasteiger partial charge in [-0.15, -0.1) is 0 Å².